The van der Waals surface area contributed by atoms with Gasteiger partial charge in [-0.2, -0.15) is 5.10 Å². The fraction of sp³-hybridized carbons (Fsp3) is 0.300. The number of carbonyl (C=O) groups is 1. The summed E-state index contributed by atoms with van der Waals surface area (Å²) in [6, 6.07) is 14.4. The minimum atomic E-state index is -3.98. The number of unbranched alkanes of at least 4 members (excludes halogenated alkanes) is 1. The topological polar surface area (TPSA) is 78.8 Å². The number of hydrogen-bond acceptors (Lipinski definition) is 4. The summed E-state index contributed by atoms with van der Waals surface area (Å²) in [7, 11) is -3.98. The van der Waals surface area contributed by atoms with Crippen LogP contribution < -0.4 is 9.73 Å². The second-order valence-corrected chi connectivity index (χ2v) is 8.53. The van der Waals surface area contributed by atoms with Gasteiger partial charge >= 0.3 is 0 Å². The molecule has 0 heterocycles. The first-order chi connectivity index (χ1) is 13.4. The summed E-state index contributed by atoms with van der Waals surface area (Å²) in [5, 5.41) is 4.28. The molecule has 0 aliphatic heterocycles. The number of halogens is 1. The van der Waals surface area contributed by atoms with Crippen molar-refractivity contribution in [3.05, 3.63) is 59.6 Å². The number of hydrogen-bond donors (Lipinski definition) is 1. The first kappa shape index (κ1) is 21.9. The number of amides is 1. The first-order valence-corrected chi connectivity index (χ1v) is 10.8. The molecule has 8 heteroatoms. The van der Waals surface area contributed by atoms with Gasteiger partial charge in [0, 0.05) is 5.71 Å². The number of hydrazone groups is 1. The van der Waals surface area contributed by atoms with Crippen LogP contribution in [0.3, 0.4) is 0 Å². The third-order valence-corrected chi connectivity index (χ3v) is 6.10. The number of carbonyl (C=O) groups excluding carboxylic acids is 1. The van der Waals surface area contributed by atoms with Gasteiger partial charge in [0.15, 0.2) is 0 Å². The number of anilines is 1. The third kappa shape index (κ3) is 5.81. The Labute approximate surface area is 171 Å². The van der Waals surface area contributed by atoms with E-state index in [0.29, 0.717) is 0 Å². The summed E-state index contributed by atoms with van der Waals surface area (Å²) in [6.45, 7) is 3.45. The lowest BCUT2D eigenvalue weighted by atomic mass is 10.2. The number of sulfonamides is 1. The maximum atomic E-state index is 13.2. The van der Waals surface area contributed by atoms with Crippen LogP contribution in [0.2, 0.25) is 5.02 Å². The molecule has 6 nitrogen and oxygen atoms in total. The summed E-state index contributed by atoms with van der Waals surface area (Å²) in [4.78, 5) is 12.5. The lowest BCUT2D eigenvalue weighted by Gasteiger charge is -2.24. The van der Waals surface area contributed by atoms with Crippen LogP contribution >= 0.6 is 11.6 Å². The number of rotatable bonds is 9. The van der Waals surface area contributed by atoms with Gasteiger partial charge in [0.25, 0.3) is 15.9 Å². The van der Waals surface area contributed by atoms with E-state index in [-0.39, 0.29) is 15.6 Å². The fourth-order valence-electron chi connectivity index (χ4n) is 2.49. The quantitative estimate of drug-likeness (QED) is 0.486. The molecule has 0 saturated carbocycles. The van der Waals surface area contributed by atoms with E-state index in [4.69, 9.17) is 11.6 Å². The van der Waals surface area contributed by atoms with Crippen LogP contribution in [0.5, 0.6) is 0 Å². The molecule has 0 radical (unpaired) electrons. The van der Waals surface area contributed by atoms with E-state index in [0.717, 1.165) is 29.3 Å². The second kappa shape index (κ2) is 10.2. The van der Waals surface area contributed by atoms with Gasteiger partial charge in [-0.25, -0.2) is 13.8 Å². The molecular formula is C20H24ClN3O3S. The highest BCUT2D eigenvalue weighted by Crippen LogP contribution is 2.30. The van der Waals surface area contributed by atoms with Crippen LogP contribution in [0.15, 0.2) is 64.6 Å². The van der Waals surface area contributed by atoms with Gasteiger partial charge in [0.1, 0.15) is 6.54 Å². The molecule has 2 rings (SSSR count). The molecule has 0 bridgehead atoms. The zero-order valence-electron chi connectivity index (χ0n) is 15.9. The molecule has 28 heavy (non-hydrogen) atoms. The van der Waals surface area contributed by atoms with Crippen LogP contribution in [0.1, 0.15) is 33.1 Å². The van der Waals surface area contributed by atoms with E-state index >= 15 is 0 Å². The Kier molecular flexibility index (Phi) is 8.02. The van der Waals surface area contributed by atoms with Crippen molar-refractivity contribution in [3.63, 3.8) is 0 Å². The van der Waals surface area contributed by atoms with E-state index in [1.54, 1.807) is 42.5 Å². The molecule has 0 spiro atoms. The molecule has 2 aromatic rings. The highest BCUT2D eigenvalue weighted by Gasteiger charge is 2.28. The molecule has 1 amide bonds. The molecular weight excluding hydrogens is 398 g/mol. The van der Waals surface area contributed by atoms with Crippen molar-refractivity contribution in [2.24, 2.45) is 5.10 Å². The smallest absolute Gasteiger partial charge is 0.264 e. The van der Waals surface area contributed by atoms with Gasteiger partial charge in [-0.3, -0.25) is 9.10 Å². The molecule has 0 unspecified atom stereocenters. The largest absolute Gasteiger partial charge is 0.271 e. The minimum absolute atomic E-state index is 0.0744. The van der Waals surface area contributed by atoms with Crippen molar-refractivity contribution in [2.75, 3.05) is 10.8 Å². The van der Waals surface area contributed by atoms with E-state index in [2.05, 4.69) is 17.5 Å². The molecule has 0 saturated heterocycles. The lowest BCUT2D eigenvalue weighted by molar-refractivity contribution is -0.119. The summed E-state index contributed by atoms with van der Waals surface area (Å²) >= 11 is 6.22. The summed E-state index contributed by atoms with van der Waals surface area (Å²) < 4.78 is 27.3. The van der Waals surface area contributed by atoms with Crippen molar-refractivity contribution >= 4 is 38.9 Å². The van der Waals surface area contributed by atoms with Crippen LogP contribution in [-0.4, -0.2) is 26.6 Å². The number of para-hydroxylation sites is 1. The Morgan fingerprint density at radius 1 is 1.11 bits per heavy atom. The number of benzene rings is 2. The first-order valence-electron chi connectivity index (χ1n) is 9.00. The summed E-state index contributed by atoms with van der Waals surface area (Å²) in [5.41, 5.74) is 3.45. The minimum Gasteiger partial charge on any atom is -0.271 e. The van der Waals surface area contributed by atoms with Crippen molar-refractivity contribution < 1.29 is 13.2 Å². The molecule has 0 aliphatic rings. The van der Waals surface area contributed by atoms with E-state index in [1.807, 2.05) is 6.92 Å². The van der Waals surface area contributed by atoms with Crippen LogP contribution in [0.25, 0.3) is 0 Å². The maximum absolute atomic E-state index is 13.2. The fourth-order valence-corrected chi connectivity index (χ4v) is 4.23. The average molecular weight is 422 g/mol. The Morgan fingerprint density at radius 3 is 2.39 bits per heavy atom. The standard InChI is InChI=1S/C20H24ClN3O3S/c1-3-4-10-16(2)22-23-20(25)15-24(19-14-9-8-13-18(19)21)28(26,27)17-11-6-5-7-12-17/h5-9,11-14H,3-4,10,15H2,1-2H3,(H,23,25)/b22-16-. The monoisotopic (exact) mass is 421 g/mol. The van der Waals surface area contributed by atoms with Crippen LogP contribution in [-0.2, 0) is 14.8 Å². The number of nitrogens with zero attached hydrogens (tertiary/aromatic N) is 2. The van der Waals surface area contributed by atoms with Gasteiger partial charge in [-0.05, 0) is 44.0 Å². The molecule has 0 atom stereocenters. The Bertz CT molecular complexity index is 931. The van der Waals surface area contributed by atoms with Gasteiger partial charge in [-0.1, -0.05) is 55.3 Å². The lowest BCUT2D eigenvalue weighted by Crippen LogP contribution is -2.39. The van der Waals surface area contributed by atoms with Crippen molar-refractivity contribution in [1.82, 2.24) is 5.43 Å². The van der Waals surface area contributed by atoms with Crippen LogP contribution in [0, 0.1) is 0 Å². The van der Waals surface area contributed by atoms with E-state index in [9.17, 15) is 13.2 Å². The Hall–Kier alpha value is -2.38. The van der Waals surface area contributed by atoms with E-state index in [1.165, 1.54) is 12.1 Å². The molecule has 0 aliphatic carbocycles. The van der Waals surface area contributed by atoms with Gasteiger partial charge in [-0.15, -0.1) is 0 Å². The zero-order valence-corrected chi connectivity index (χ0v) is 17.5. The normalized spacial score (nSPS) is 11.9. The molecule has 0 aromatic heterocycles. The van der Waals surface area contributed by atoms with Crippen molar-refractivity contribution in [1.29, 1.82) is 0 Å². The van der Waals surface area contributed by atoms with Gasteiger partial charge in [0.2, 0.25) is 0 Å². The predicted octanol–water partition coefficient (Wildman–Crippen LogP) is 4.22. The van der Waals surface area contributed by atoms with Gasteiger partial charge in [0.05, 0.1) is 15.6 Å². The molecule has 2 aromatic carbocycles. The Balaban J connectivity index is 2.30. The van der Waals surface area contributed by atoms with Crippen molar-refractivity contribution in [2.45, 2.75) is 38.0 Å². The maximum Gasteiger partial charge on any atom is 0.264 e. The summed E-state index contributed by atoms with van der Waals surface area (Å²) in [6.07, 6.45) is 2.77. The summed E-state index contributed by atoms with van der Waals surface area (Å²) in [5.74, 6) is -0.546. The highest BCUT2D eigenvalue weighted by molar-refractivity contribution is 7.92. The van der Waals surface area contributed by atoms with Gasteiger partial charge < -0.3 is 0 Å². The van der Waals surface area contributed by atoms with Crippen LogP contribution in [0.4, 0.5) is 5.69 Å². The highest BCUT2D eigenvalue weighted by atomic mass is 35.5. The molecule has 1 N–H and O–H groups in total. The van der Waals surface area contributed by atoms with E-state index < -0.39 is 22.5 Å². The number of nitrogens with one attached hydrogen (secondary N) is 1. The Morgan fingerprint density at radius 2 is 1.75 bits per heavy atom. The second-order valence-electron chi connectivity index (χ2n) is 6.26. The molecule has 0 fully saturated rings. The zero-order chi connectivity index (χ0) is 20.6. The third-order valence-electron chi connectivity index (χ3n) is 4.00. The molecule has 150 valence electrons. The average Bonchev–Trinajstić information content (AvgIpc) is 2.70. The van der Waals surface area contributed by atoms with Crippen molar-refractivity contribution in [3.8, 4) is 0 Å². The SMILES string of the molecule is CCCC/C(C)=N\NC(=O)CN(c1ccccc1Cl)S(=O)(=O)c1ccccc1. The predicted molar refractivity (Wildman–Crippen MR) is 113 cm³/mol.